The van der Waals surface area contributed by atoms with Crippen molar-refractivity contribution in [2.24, 2.45) is 0 Å². The second-order valence-corrected chi connectivity index (χ2v) is 6.67. The van der Waals surface area contributed by atoms with E-state index < -0.39 is 11.6 Å². The number of hydrogen-bond acceptors (Lipinski definition) is 5. The maximum absolute atomic E-state index is 13.9. The number of carbonyl (C=O) groups excluding carboxylic acids is 1. The highest BCUT2D eigenvalue weighted by Gasteiger charge is 2.40. The highest BCUT2D eigenvalue weighted by atomic mass is 19.1. The average molecular weight is 360 g/mol. The van der Waals surface area contributed by atoms with Crippen LogP contribution in [0.1, 0.15) is 24.3 Å². The number of aromatic nitrogens is 1. The second kappa shape index (κ2) is 6.81. The third kappa shape index (κ3) is 3.24. The topological polar surface area (TPSA) is 64.8 Å². The summed E-state index contributed by atoms with van der Waals surface area (Å²) >= 11 is 0. The molecule has 2 saturated heterocycles. The van der Waals surface area contributed by atoms with E-state index in [-0.39, 0.29) is 18.2 Å². The summed E-state index contributed by atoms with van der Waals surface area (Å²) in [5, 5.41) is 0. The van der Waals surface area contributed by atoms with E-state index in [4.69, 9.17) is 13.9 Å². The van der Waals surface area contributed by atoms with Crippen LogP contribution in [0.2, 0.25) is 0 Å². The van der Waals surface area contributed by atoms with Gasteiger partial charge >= 0.3 is 0 Å². The van der Waals surface area contributed by atoms with Crippen molar-refractivity contribution in [1.29, 1.82) is 0 Å². The molecular formula is C19H21FN2O4. The number of amides is 1. The number of piperidine rings is 1. The van der Waals surface area contributed by atoms with Crippen molar-refractivity contribution < 1.29 is 23.1 Å². The monoisotopic (exact) mass is 360 g/mol. The molecule has 0 atom stereocenters. The Kier molecular flexibility index (Phi) is 4.50. The molecule has 2 fully saturated rings. The van der Waals surface area contributed by atoms with Crippen molar-refractivity contribution in [2.75, 3.05) is 26.3 Å². The first-order valence-electron chi connectivity index (χ1n) is 8.83. The van der Waals surface area contributed by atoms with Crippen LogP contribution < -0.4 is 0 Å². The van der Waals surface area contributed by atoms with E-state index >= 15 is 0 Å². The summed E-state index contributed by atoms with van der Waals surface area (Å²) in [5.41, 5.74) is 0.839. The van der Waals surface area contributed by atoms with Gasteiger partial charge in [-0.25, -0.2) is 9.37 Å². The van der Waals surface area contributed by atoms with E-state index in [0.717, 1.165) is 0 Å². The summed E-state index contributed by atoms with van der Waals surface area (Å²) in [7, 11) is 0. The number of benzene rings is 1. The minimum atomic E-state index is -0.501. The van der Waals surface area contributed by atoms with Gasteiger partial charge in [0.1, 0.15) is 11.6 Å². The molecule has 1 aromatic heterocycles. The molecule has 0 N–H and O–H groups in total. The van der Waals surface area contributed by atoms with Crippen molar-refractivity contribution in [3.8, 4) is 11.5 Å². The van der Waals surface area contributed by atoms with Crippen molar-refractivity contribution in [2.45, 2.75) is 32.0 Å². The van der Waals surface area contributed by atoms with Gasteiger partial charge in [0, 0.05) is 25.9 Å². The van der Waals surface area contributed by atoms with Crippen LogP contribution in [0.5, 0.6) is 0 Å². The van der Waals surface area contributed by atoms with E-state index in [1.807, 2.05) is 0 Å². The van der Waals surface area contributed by atoms with Crippen molar-refractivity contribution >= 4 is 5.91 Å². The summed E-state index contributed by atoms with van der Waals surface area (Å²) in [4.78, 5) is 18.8. The number of aryl methyl sites for hydroxylation is 1. The third-order valence-corrected chi connectivity index (χ3v) is 5.01. The molecule has 3 heterocycles. The zero-order chi connectivity index (χ0) is 18.1. The summed E-state index contributed by atoms with van der Waals surface area (Å²) in [6, 6.07) is 6.30. The molecule has 0 aliphatic carbocycles. The smallest absolute Gasteiger partial charge is 0.229 e. The van der Waals surface area contributed by atoms with Gasteiger partial charge in [-0.05, 0) is 19.1 Å². The Balaban J connectivity index is 1.43. The lowest BCUT2D eigenvalue weighted by atomic mass is 10.0. The first-order valence-corrected chi connectivity index (χ1v) is 8.83. The molecule has 0 radical (unpaired) electrons. The molecule has 0 saturated carbocycles. The van der Waals surface area contributed by atoms with Crippen LogP contribution in [-0.2, 0) is 20.7 Å². The van der Waals surface area contributed by atoms with Crippen LogP contribution >= 0.6 is 0 Å². The van der Waals surface area contributed by atoms with Gasteiger partial charge in [-0.2, -0.15) is 0 Å². The first-order chi connectivity index (χ1) is 12.6. The van der Waals surface area contributed by atoms with Gasteiger partial charge in [-0.1, -0.05) is 12.1 Å². The van der Waals surface area contributed by atoms with E-state index in [0.29, 0.717) is 56.2 Å². The number of carbonyl (C=O) groups is 1. The Morgan fingerprint density at radius 1 is 1.23 bits per heavy atom. The molecule has 138 valence electrons. The molecule has 0 unspecified atom stereocenters. The maximum Gasteiger partial charge on any atom is 0.229 e. The lowest BCUT2D eigenvalue weighted by molar-refractivity contribution is -0.187. The van der Waals surface area contributed by atoms with Gasteiger partial charge in [0.15, 0.2) is 5.79 Å². The van der Waals surface area contributed by atoms with Crippen LogP contribution in [0.4, 0.5) is 4.39 Å². The summed E-state index contributed by atoms with van der Waals surface area (Å²) in [6.45, 7) is 4.16. The Labute approximate surface area is 150 Å². The van der Waals surface area contributed by atoms with Crippen LogP contribution in [0.25, 0.3) is 11.5 Å². The fourth-order valence-electron chi connectivity index (χ4n) is 3.48. The Morgan fingerprint density at radius 2 is 1.92 bits per heavy atom. The minimum absolute atomic E-state index is 0.0191. The maximum atomic E-state index is 13.9. The normalized spacial score (nSPS) is 19.2. The van der Waals surface area contributed by atoms with Gasteiger partial charge in [-0.15, -0.1) is 0 Å². The first kappa shape index (κ1) is 17.2. The molecule has 2 aromatic rings. The molecule has 1 aromatic carbocycles. The molecule has 6 nitrogen and oxygen atoms in total. The van der Waals surface area contributed by atoms with Crippen molar-refractivity contribution in [1.82, 2.24) is 9.88 Å². The zero-order valence-corrected chi connectivity index (χ0v) is 14.7. The number of ether oxygens (including phenoxy) is 2. The van der Waals surface area contributed by atoms with Crippen LogP contribution in [0.3, 0.4) is 0 Å². The fourth-order valence-corrected chi connectivity index (χ4v) is 3.48. The SMILES string of the molecule is Cc1oc(-c2ccccc2F)nc1CC(=O)N1CCC2(CC1)OCCO2. The van der Waals surface area contributed by atoms with Gasteiger partial charge in [0.25, 0.3) is 0 Å². The molecule has 2 aliphatic rings. The molecule has 4 rings (SSSR count). The quantitative estimate of drug-likeness (QED) is 0.842. The minimum Gasteiger partial charge on any atom is -0.441 e. The van der Waals surface area contributed by atoms with Crippen LogP contribution in [-0.4, -0.2) is 47.9 Å². The summed E-state index contributed by atoms with van der Waals surface area (Å²) in [6.07, 6.45) is 1.49. The van der Waals surface area contributed by atoms with Gasteiger partial charge in [0.2, 0.25) is 11.8 Å². The number of halogens is 1. The van der Waals surface area contributed by atoms with Crippen molar-refractivity contribution in [3.63, 3.8) is 0 Å². The zero-order valence-electron chi connectivity index (χ0n) is 14.7. The summed E-state index contributed by atoms with van der Waals surface area (Å²) < 4.78 is 30.9. The van der Waals surface area contributed by atoms with Gasteiger partial charge in [0.05, 0.1) is 30.9 Å². The number of likely N-dealkylation sites (tertiary alicyclic amines) is 1. The highest BCUT2D eigenvalue weighted by molar-refractivity contribution is 5.78. The van der Waals surface area contributed by atoms with Crippen LogP contribution in [0, 0.1) is 12.7 Å². The lowest BCUT2D eigenvalue weighted by Gasteiger charge is -2.37. The molecule has 1 amide bonds. The molecule has 26 heavy (non-hydrogen) atoms. The predicted octanol–water partition coefficient (Wildman–Crippen LogP) is 2.70. The standard InChI is InChI=1S/C19H21FN2O4/c1-13-16(21-18(26-13)14-4-2-3-5-15(14)20)12-17(23)22-8-6-19(7-9-22)24-10-11-25-19/h2-5H,6-12H2,1H3. The predicted molar refractivity (Wildman–Crippen MR) is 90.8 cm³/mol. The number of nitrogens with zero attached hydrogens (tertiary/aromatic N) is 2. The Morgan fingerprint density at radius 3 is 2.62 bits per heavy atom. The van der Waals surface area contributed by atoms with Gasteiger partial charge in [-0.3, -0.25) is 4.79 Å². The largest absolute Gasteiger partial charge is 0.441 e. The highest BCUT2D eigenvalue weighted by Crippen LogP contribution is 2.31. The third-order valence-electron chi connectivity index (χ3n) is 5.01. The molecule has 1 spiro atoms. The average Bonchev–Trinajstić information content (AvgIpc) is 3.23. The van der Waals surface area contributed by atoms with Gasteiger partial charge < -0.3 is 18.8 Å². The number of hydrogen-bond donors (Lipinski definition) is 0. The number of rotatable bonds is 3. The van der Waals surface area contributed by atoms with E-state index in [2.05, 4.69) is 4.98 Å². The number of oxazole rings is 1. The Bertz CT molecular complexity index is 804. The summed E-state index contributed by atoms with van der Waals surface area (Å²) in [5.74, 6) is -0.182. The molecule has 7 heteroatoms. The molecule has 2 aliphatic heterocycles. The Hall–Kier alpha value is -2.25. The van der Waals surface area contributed by atoms with Crippen LogP contribution in [0.15, 0.2) is 28.7 Å². The fraction of sp³-hybridized carbons (Fsp3) is 0.474. The molecular weight excluding hydrogens is 339 g/mol. The van der Waals surface area contributed by atoms with E-state index in [1.54, 1.807) is 30.0 Å². The lowest BCUT2D eigenvalue weighted by Crippen LogP contribution is -2.47. The molecule has 0 bridgehead atoms. The van der Waals surface area contributed by atoms with Crippen molar-refractivity contribution in [3.05, 3.63) is 41.5 Å². The van der Waals surface area contributed by atoms with E-state index in [9.17, 15) is 9.18 Å². The van der Waals surface area contributed by atoms with E-state index in [1.165, 1.54) is 6.07 Å². The second-order valence-electron chi connectivity index (χ2n) is 6.67.